The fourth-order valence-electron chi connectivity index (χ4n) is 1.90. The number of aryl methyl sites for hydroxylation is 2. The van der Waals surface area contributed by atoms with Crippen molar-refractivity contribution < 1.29 is 4.79 Å². The Balaban J connectivity index is 1.78. The fourth-order valence-corrected chi connectivity index (χ4v) is 1.90. The first-order chi connectivity index (χ1) is 9.16. The van der Waals surface area contributed by atoms with Crippen LogP contribution >= 0.6 is 0 Å². The molecule has 19 heavy (non-hydrogen) atoms. The molecule has 0 radical (unpaired) electrons. The summed E-state index contributed by atoms with van der Waals surface area (Å²) < 4.78 is 0. The van der Waals surface area contributed by atoms with Crippen LogP contribution in [0.5, 0.6) is 0 Å². The lowest BCUT2D eigenvalue weighted by atomic mass is 10.1. The molecule has 4 nitrogen and oxygen atoms in total. The molecular formula is C15H19N3O. The second-order valence-corrected chi connectivity index (χ2v) is 4.71. The fraction of sp³-hybridized carbons (Fsp3) is 0.333. The zero-order chi connectivity index (χ0) is 13.7. The molecule has 1 aromatic heterocycles. The van der Waals surface area contributed by atoms with E-state index in [9.17, 15) is 4.79 Å². The minimum atomic E-state index is 0.0190. The number of H-pyrrole nitrogens is 1. The molecule has 0 spiro atoms. The Labute approximate surface area is 113 Å². The summed E-state index contributed by atoms with van der Waals surface area (Å²) >= 11 is 0. The molecule has 2 rings (SSSR count). The van der Waals surface area contributed by atoms with E-state index in [2.05, 4.69) is 27.6 Å². The molecule has 0 fully saturated rings. The van der Waals surface area contributed by atoms with Crippen molar-refractivity contribution in [2.24, 2.45) is 0 Å². The topological polar surface area (TPSA) is 57.8 Å². The Morgan fingerprint density at radius 2 is 2.00 bits per heavy atom. The minimum absolute atomic E-state index is 0.0190. The molecule has 0 saturated heterocycles. The van der Waals surface area contributed by atoms with E-state index in [0.29, 0.717) is 12.2 Å². The standard InChI is InChI=1S/C15H19N3O/c1-11-12(2)17-18-15(11)16-14(19)10-6-9-13-7-4-3-5-8-13/h3-5,7-8H,6,9-10H2,1-2H3,(H2,16,17,18,19). The maximum absolute atomic E-state index is 11.8. The largest absolute Gasteiger partial charge is 0.309 e. The van der Waals surface area contributed by atoms with Crippen LogP contribution in [0.3, 0.4) is 0 Å². The third-order valence-corrected chi connectivity index (χ3v) is 3.22. The van der Waals surface area contributed by atoms with Gasteiger partial charge in [-0.3, -0.25) is 9.89 Å². The second-order valence-electron chi connectivity index (χ2n) is 4.71. The maximum atomic E-state index is 11.8. The number of amides is 1. The monoisotopic (exact) mass is 257 g/mol. The number of nitrogens with zero attached hydrogens (tertiary/aromatic N) is 1. The maximum Gasteiger partial charge on any atom is 0.225 e. The summed E-state index contributed by atoms with van der Waals surface area (Å²) in [6.45, 7) is 3.88. The highest BCUT2D eigenvalue weighted by molar-refractivity contribution is 5.90. The van der Waals surface area contributed by atoms with Crippen molar-refractivity contribution in [3.63, 3.8) is 0 Å². The summed E-state index contributed by atoms with van der Waals surface area (Å²) in [5, 5.41) is 9.76. The van der Waals surface area contributed by atoms with E-state index in [1.807, 2.05) is 32.0 Å². The molecule has 1 heterocycles. The van der Waals surface area contributed by atoms with Crippen molar-refractivity contribution in [2.75, 3.05) is 5.32 Å². The van der Waals surface area contributed by atoms with Gasteiger partial charge >= 0.3 is 0 Å². The van der Waals surface area contributed by atoms with Gasteiger partial charge in [0.05, 0.1) is 0 Å². The van der Waals surface area contributed by atoms with Crippen LogP contribution in [0.25, 0.3) is 0 Å². The van der Waals surface area contributed by atoms with Gasteiger partial charge in [-0.2, -0.15) is 5.10 Å². The number of carbonyl (C=O) groups is 1. The van der Waals surface area contributed by atoms with Gasteiger partial charge in [0.2, 0.25) is 5.91 Å². The molecule has 4 heteroatoms. The molecule has 2 N–H and O–H groups in total. The molecule has 0 aliphatic rings. The number of carbonyl (C=O) groups excluding carboxylic acids is 1. The van der Waals surface area contributed by atoms with Gasteiger partial charge in [0, 0.05) is 17.7 Å². The highest BCUT2D eigenvalue weighted by Gasteiger charge is 2.09. The van der Waals surface area contributed by atoms with E-state index >= 15 is 0 Å². The van der Waals surface area contributed by atoms with E-state index < -0.39 is 0 Å². The van der Waals surface area contributed by atoms with Gasteiger partial charge in [-0.1, -0.05) is 30.3 Å². The summed E-state index contributed by atoms with van der Waals surface area (Å²) in [6.07, 6.45) is 2.28. The third kappa shape index (κ3) is 3.68. The van der Waals surface area contributed by atoms with Crippen LogP contribution in [-0.4, -0.2) is 16.1 Å². The van der Waals surface area contributed by atoms with Gasteiger partial charge in [-0.25, -0.2) is 0 Å². The molecule has 0 aliphatic heterocycles. The number of rotatable bonds is 5. The second kappa shape index (κ2) is 6.18. The van der Waals surface area contributed by atoms with Crippen LogP contribution < -0.4 is 5.32 Å². The van der Waals surface area contributed by atoms with Crippen molar-refractivity contribution in [1.29, 1.82) is 0 Å². The smallest absolute Gasteiger partial charge is 0.225 e. The van der Waals surface area contributed by atoms with Crippen LogP contribution in [0.2, 0.25) is 0 Å². The number of aromatic nitrogens is 2. The summed E-state index contributed by atoms with van der Waals surface area (Å²) in [5.74, 6) is 0.660. The first-order valence-electron chi connectivity index (χ1n) is 6.52. The lowest BCUT2D eigenvalue weighted by molar-refractivity contribution is -0.116. The average Bonchev–Trinajstić information content (AvgIpc) is 2.72. The predicted molar refractivity (Wildman–Crippen MR) is 76.1 cm³/mol. The van der Waals surface area contributed by atoms with Gasteiger partial charge < -0.3 is 5.32 Å². The molecule has 0 bridgehead atoms. The van der Waals surface area contributed by atoms with E-state index in [1.165, 1.54) is 5.56 Å². The van der Waals surface area contributed by atoms with Crippen LogP contribution in [0, 0.1) is 13.8 Å². The first-order valence-corrected chi connectivity index (χ1v) is 6.52. The Kier molecular flexibility index (Phi) is 4.34. The van der Waals surface area contributed by atoms with Gasteiger partial charge in [0.15, 0.2) is 5.82 Å². The zero-order valence-electron chi connectivity index (χ0n) is 11.4. The number of nitrogens with one attached hydrogen (secondary N) is 2. The molecule has 0 atom stereocenters. The lowest BCUT2D eigenvalue weighted by Gasteiger charge is -2.03. The Bertz CT molecular complexity index is 546. The van der Waals surface area contributed by atoms with Crippen LogP contribution in [0.1, 0.15) is 29.7 Å². The predicted octanol–water partition coefficient (Wildman–Crippen LogP) is 2.99. The normalized spacial score (nSPS) is 10.4. The van der Waals surface area contributed by atoms with Gasteiger partial charge in [0.1, 0.15) is 0 Å². The summed E-state index contributed by atoms with van der Waals surface area (Å²) in [4.78, 5) is 11.8. The molecule has 100 valence electrons. The van der Waals surface area contributed by atoms with Gasteiger partial charge in [0.25, 0.3) is 0 Å². The molecule has 1 aromatic carbocycles. The van der Waals surface area contributed by atoms with Crippen molar-refractivity contribution >= 4 is 11.7 Å². The van der Waals surface area contributed by atoms with E-state index in [1.54, 1.807) is 0 Å². The van der Waals surface area contributed by atoms with Crippen LogP contribution in [-0.2, 0) is 11.2 Å². The van der Waals surface area contributed by atoms with E-state index in [4.69, 9.17) is 0 Å². The highest BCUT2D eigenvalue weighted by atomic mass is 16.1. The summed E-state index contributed by atoms with van der Waals surface area (Å²) in [6, 6.07) is 10.2. The highest BCUT2D eigenvalue weighted by Crippen LogP contribution is 2.14. The number of hydrogen-bond acceptors (Lipinski definition) is 2. The quantitative estimate of drug-likeness (QED) is 0.865. The minimum Gasteiger partial charge on any atom is -0.309 e. The Morgan fingerprint density at radius 3 is 2.63 bits per heavy atom. The van der Waals surface area contributed by atoms with Crippen molar-refractivity contribution in [2.45, 2.75) is 33.1 Å². The van der Waals surface area contributed by atoms with Crippen molar-refractivity contribution in [3.8, 4) is 0 Å². The molecule has 0 aliphatic carbocycles. The number of anilines is 1. The lowest BCUT2D eigenvalue weighted by Crippen LogP contribution is -2.12. The molecule has 2 aromatic rings. The summed E-state index contributed by atoms with van der Waals surface area (Å²) in [5.41, 5.74) is 3.25. The number of benzene rings is 1. The zero-order valence-corrected chi connectivity index (χ0v) is 11.4. The molecular weight excluding hydrogens is 238 g/mol. The molecule has 0 saturated carbocycles. The SMILES string of the molecule is Cc1[nH]nc(NC(=O)CCCc2ccccc2)c1C. The van der Waals surface area contributed by atoms with Crippen molar-refractivity contribution in [1.82, 2.24) is 10.2 Å². The molecule has 0 unspecified atom stereocenters. The summed E-state index contributed by atoms with van der Waals surface area (Å²) in [7, 11) is 0. The van der Waals surface area contributed by atoms with Crippen molar-refractivity contribution in [3.05, 3.63) is 47.2 Å². The van der Waals surface area contributed by atoms with Crippen LogP contribution in [0.4, 0.5) is 5.82 Å². The Hall–Kier alpha value is -2.10. The van der Waals surface area contributed by atoms with E-state index in [0.717, 1.165) is 24.1 Å². The number of hydrogen-bond donors (Lipinski definition) is 2. The average molecular weight is 257 g/mol. The van der Waals surface area contributed by atoms with Gasteiger partial charge in [-0.15, -0.1) is 0 Å². The molecule has 1 amide bonds. The first kappa shape index (κ1) is 13.3. The van der Waals surface area contributed by atoms with Crippen LogP contribution in [0.15, 0.2) is 30.3 Å². The Morgan fingerprint density at radius 1 is 1.26 bits per heavy atom. The van der Waals surface area contributed by atoms with E-state index in [-0.39, 0.29) is 5.91 Å². The number of aromatic amines is 1. The van der Waals surface area contributed by atoms with Gasteiger partial charge in [-0.05, 0) is 32.3 Å². The third-order valence-electron chi connectivity index (χ3n) is 3.22.